The van der Waals surface area contributed by atoms with Crippen LogP contribution in [0.4, 0.5) is 0 Å². The van der Waals surface area contributed by atoms with E-state index in [0.29, 0.717) is 12.8 Å². The second kappa shape index (κ2) is 4.99. The first-order valence-corrected chi connectivity index (χ1v) is 8.77. The molecule has 2 N–H and O–H groups in total. The van der Waals surface area contributed by atoms with Crippen molar-refractivity contribution in [2.75, 3.05) is 11.3 Å². The van der Waals surface area contributed by atoms with E-state index in [2.05, 4.69) is 4.72 Å². The third-order valence-corrected chi connectivity index (χ3v) is 6.05. The zero-order valence-electron chi connectivity index (χ0n) is 9.09. The van der Waals surface area contributed by atoms with Crippen molar-refractivity contribution in [2.45, 2.75) is 37.8 Å². The number of hydrogen-bond donors (Lipinski definition) is 2. The summed E-state index contributed by atoms with van der Waals surface area (Å²) in [5, 5.41) is 8.63. The van der Waals surface area contributed by atoms with Crippen LogP contribution in [0, 0.1) is 0 Å². The van der Waals surface area contributed by atoms with Gasteiger partial charge in [0.05, 0.1) is 6.10 Å². The van der Waals surface area contributed by atoms with Crippen LogP contribution in [0.2, 0.25) is 0 Å². The maximum absolute atomic E-state index is 11.5. The second-order valence-corrected chi connectivity index (χ2v) is 8.49. The number of sulfonamides is 1. The van der Waals surface area contributed by atoms with E-state index in [4.69, 9.17) is 0 Å². The van der Waals surface area contributed by atoms with Crippen molar-refractivity contribution >= 4 is 19.9 Å². The molecule has 16 heavy (non-hydrogen) atoms. The van der Waals surface area contributed by atoms with Gasteiger partial charge in [0.2, 0.25) is 10.0 Å². The summed E-state index contributed by atoms with van der Waals surface area (Å²) in [6, 6.07) is -0.555. The van der Waals surface area contributed by atoms with Gasteiger partial charge in [0.1, 0.15) is 0 Å². The summed E-state index contributed by atoms with van der Waals surface area (Å²) in [6.07, 6.45) is 2.94. The summed E-state index contributed by atoms with van der Waals surface area (Å²) in [4.78, 5) is 0. The fourth-order valence-corrected chi connectivity index (χ4v) is 5.06. The molecule has 1 rings (SSSR count). The SMILES string of the molecule is CS(=O)(=O)CS(=O)(=O)NC1CCCCC1O. The van der Waals surface area contributed by atoms with Crippen molar-refractivity contribution in [2.24, 2.45) is 0 Å². The molecule has 0 aromatic carbocycles. The first kappa shape index (κ1) is 13.9. The van der Waals surface area contributed by atoms with Gasteiger partial charge < -0.3 is 5.11 Å². The minimum atomic E-state index is -3.87. The fraction of sp³-hybridized carbons (Fsp3) is 1.00. The molecule has 0 amide bonds. The molecule has 2 unspecified atom stereocenters. The zero-order valence-corrected chi connectivity index (χ0v) is 10.7. The summed E-state index contributed by atoms with van der Waals surface area (Å²) >= 11 is 0. The van der Waals surface area contributed by atoms with E-state index in [1.54, 1.807) is 0 Å². The average Bonchev–Trinajstić information content (AvgIpc) is 2.04. The zero-order chi connectivity index (χ0) is 12.4. The van der Waals surface area contributed by atoms with E-state index in [9.17, 15) is 21.9 Å². The van der Waals surface area contributed by atoms with Crippen LogP contribution in [0.25, 0.3) is 0 Å². The lowest BCUT2D eigenvalue weighted by Gasteiger charge is -2.27. The number of aliphatic hydroxyl groups excluding tert-OH is 1. The normalized spacial score (nSPS) is 27.9. The van der Waals surface area contributed by atoms with Gasteiger partial charge in [-0.05, 0) is 12.8 Å². The van der Waals surface area contributed by atoms with Crippen LogP contribution >= 0.6 is 0 Å². The number of rotatable bonds is 4. The van der Waals surface area contributed by atoms with E-state index in [-0.39, 0.29) is 0 Å². The Labute approximate surface area is 96.0 Å². The largest absolute Gasteiger partial charge is 0.391 e. The number of aliphatic hydroxyl groups is 1. The summed E-state index contributed by atoms with van der Waals surface area (Å²) in [5.74, 6) is 0. The van der Waals surface area contributed by atoms with Gasteiger partial charge in [-0.1, -0.05) is 12.8 Å². The Bertz CT molecular complexity index is 427. The predicted octanol–water partition coefficient (Wildman–Crippen LogP) is -0.789. The van der Waals surface area contributed by atoms with Gasteiger partial charge in [0, 0.05) is 12.3 Å². The molecule has 6 nitrogen and oxygen atoms in total. The van der Waals surface area contributed by atoms with Crippen LogP contribution in [0.1, 0.15) is 25.7 Å². The molecule has 0 heterocycles. The highest BCUT2D eigenvalue weighted by atomic mass is 32.3. The van der Waals surface area contributed by atoms with Crippen molar-refractivity contribution < 1.29 is 21.9 Å². The van der Waals surface area contributed by atoms with Crippen LogP contribution in [0.15, 0.2) is 0 Å². The molecule has 2 atom stereocenters. The molecule has 1 aliphatic carbocycles. The first-order chi connectivity index (χ1) is 7.20. The van der Waals surface area contributed by atoms with Crippen molar-refractivity contribution in [1.82, 2.24) is 4.72 Å². The van der Waals surface area contributed by atoms with Gasteiger partial charge >= 0.3 is 0 Å². The standard InChI is InChI=1S/C8H17NO5S2/c1-15(11,12)6-16(13,14)9-7-4-2-3-5-8(7)10/h7-10H,2-6H2,1H3. The molecule has 0 aromatic heterocycles. The minimum absolute atomic E-state index is 0.546. The first-order valence-electron chi connectivity index (χ1n) is 5.05. The fourth-order valence-electron chi connectivity index (χ4n) is 1.80. The van der Waals surface area contributed by atoms with Crippen molar-refractivity contribution in [3.63, 3.8) is 0 Å². The topological polar surface area (TPSA) is 101 Å². The predicted molar refractivity (Wildman–Crippen MR) is 60.0 cm³/mol. The molecule has 0 aliphatic heterocycles. The van der Waals surface area contributed by atoms with Gasteiger partial charge in [-0.15, -0.1) is 0 Å². The van der Waals surface area contributed by atoms with Gasteiger partial charge in [-0.2, -0.15) is 0 Å². The minimum Gasteiger partial charge on any atom is -0.391 e. The number of sulfone groups is 1. The van der Waals surface area contributed by atoms with Crippen molar-refractivity contribution in [3.05, 3.63) is 0 Å². The molecule has 0 bridgehead atoms. The quantitative estimate of drug-likeness (QED) is 0.698. The van der Waals surface area contributed by atoms with Gasteiger partial charge in [0.25, 0.3) is 0 Å². The molecule has 96 valence electrons. The molecular weight excluding hydrogens is 254 g/mol. The van der Waals surface area contributed by atoms with Gasteiger partial charge in [-0.25, -0.2) is 21.6 Å². The Morgan fingerprint density at radius 2 is 1.75 bits per heavy atom. The van der Waals surface area contributed by atoms with Gasteiger partial charge in [-0.3, -0.25) is 0 Å². The Hall–Kier alpha value is -0.180. The van der Waals surface area contributed by atoms with Crippen LogP contribution in [0.3, 0.4) is 0 Å². The molecule has 0 saturated heterocycles. The van der Waals surface area contributed by atoms with Crippen LogP contribution in [-0.2, 0) is 19.9 Å². The Morgan fingerprint density at radius 1 is 1.19 bits per heavy atom. The van der Waals surface area contributed by atoms with E-state index in [1.807, 2.05) is 0 Å². The molecule has 1 fully saturated rings. The highest BCUT2D eigenvalue weighted by molar-refractivity contribution is 8.06. The van der Waals surface area contributed by atoms with Crippen molar-refractivity contribution in [3.8, 4) is 0 Å². The summed E-state index contributed by atoms with van der Waals surface area (Å²) in [5.41, 5.74) is 0. The summed E-state index contributed by atoms with van der Waals surface area (Å²) in [6.45, 7) is 0. The maximum Gasteiger partial charge on any atom is 0.226 e. The third kappa shape index (κ3) is 4.77. The third-order valence-electron chi connectivity index (χ3n) is 2.43. The van der Waals surface area contributed by atoms with E-state index in [1.165, 1.54) is 0 Å². The summed E-state index contributed by atoms with van der Waals surface area (Å²) in [7, 11) is -7.45. The molecular formula is C8H17NO5S2. The van der Waals surface area contributed by atoms with E-state index >= 15 is 0 Å². The van der Waals surface area contributed by atoms with E-state index in [0.717, 1.165) is 19.1 Å². The van der Waals surface area contributed by atoms with Crippen molar-refractivity contribution in [1.29, 1.82) is 0 Å². The lowest BCUT2D eigenvalue weighted by Crippen LogP contribution is -2.46. The van der Waals surface area contributed by atoms with Crippen LogP contribution in [0.5, 0.6) is 0 Å². The molecule has 8 heteroatoms. The lowest BCUT2D eigenvalue weighted by atomic mass is 9.93. The van der Waals surface area contributed by atoms with Crippen LogP contribution < -0.4 is 4.72 Å². The number of nitrogens with one attached hydrogen (secondary N) is 1. The Morgan fingerprint density at radius 3 is 2.25 bits per heavy atom. The monoisotopic (exact) mass is 271 g/mol. The summed E-state index contributed by atoms with van der Waals surface area (Å²) < 4.78 is 46.9. The molecule has 0 aromatic rings. The molecule has 0 spiro atoms. The Kier molecular flexibility index (Phi) is 4.33. The lowest BCUT2D eigenvalue weighted by molar-refractivity contribution is 0.101. The molecule has 0 radical (unpaired) electrons. The highest BCUT2D eigenvalue weighted by Crippen LogP contribution is 2.19. The molecule has 1 saturated carbocycles. The highest BCUT2D eigenvalue weighted by Gasteiger charge is 2.28. The van der Waals surface area contributed by atoms with Gasteiger partial charge in [0.15, 0.2) is 14.9 Å². The average molecular weight is 271 g/mol. The van der Waals surface area contributed by atoms with Crippen LogP contribution in [-0.4, -0.2) is 45.4 Å². The number of hydrogen-bond acceptors (Lipinski definition) is 5. The molecule has 1 aliphatic rings. The smallest absolute Gasteiger partial charge is 0.226 e. The maximum atomic E-state index is 11.5. The van der Waals surface area contributed by atoms with E-state index < -0.39 is 37.1 Å². The second-order valence-electron chi connectivity index (χ2n) is 4.23. The Balaban J connectivity index is 2.65.